The first-order valence-electron chi connectivity index (χ1n) is 6.56. The van der Waals surface area contributed by atoms with Gasteiger partial charge in [-0.25, -0.2) is 4.79 Å². The van der Waals surface area contributed by atoms with E-state index in [4.69, 9.17) is 21.1 Å². The van der Waals surface area contributed by atoms with E-state index in [1.54, 1.807) is 30.3 Å². The molecule has 0 saturated heterocycles. The molecule has 0 spiro atoms. The van der Waals surface area contributed by atoms with Gasteiger partial charge in [-0.05, 0) is 35.4 Å². The Bertz CT molecular complexity index is 738. The van der Waals surface area contributed by atoms with Crippen molar-refractivity contribution in [3.63, 3.8) is 0 Å². The minimum atomic E-state index is -4.00. The minimum absolute atomic E-state index is 0.0741. The zero-order valence-electron chi connectivity index (χ0n) is 12.2. The second-order valence-corrected chi connectivity index (χ2v) is 5.96. The second-order valence-electron chi connectivity index (χ2n) is 4.54. The van der Waals surface area contributed by atoms with Gasteiger partial charge in [0.2, 0.25) is 0 Å². The van der Waals surface area contributed by atoms with Crippen LogP contribution in [0.2, 0.25) is 0 Å². The van der Waals surface area contributed by atoms with Gasteiger partial charge in [-0.3, -0.25) is 4.55 Å². The van der Waals surface area contributed by atoms with E-state index in [1.807, 2.05) is 6.07 Å². The van der Waals surface area contributed by atoms with Crippen molar-refractivity contribution in [3.8, 4) is 0 Å². The van der Waals surface area contributed by atoms with Gasteiger partial charge >= 0.3 is 5.97 Å². The standard InChI is InChI=1S/C9H12N2O2.C6H6O3S/c10-4-6-1-7(5-11)3-8(2-6)9(12)13;7-10(8,9)6-4-2-1-3-5-6/h1-3H,4-5,10-11H2,(H,12,13);1-5H,(H,7,8,9). The number of carboxylic acids is 1. The summed E-state index contributed by atoms with van der Waals surface area (Å²) in [7, 11) is -4.00. The molecule has 0 radical (unpaired) electrons. The van der Waals surface area contributed by atoms with Gasteiger partial charge in [-0.15, -0.1) is 0 Å². The molecule has 2 aromatic rings. The van der Waals surface area contributed by atoms with Crippen LogP contribution in [0.25, 0.3) is 0 Å². The van der Waals surface area contributed by atoms with Crippen LogP contribution in [-0.4, -0.2) is 24.0 Å². The molecule has 0 aliphatic heterocycles. The molecule has 2 rings (SSSR count). The minimum Gasteiger partial charge on any atom is -0.478 e. The SMILES string of the molecule is NCc1cc(CN)cc(C(=O)O)c1.O=S(=O)(O)c1ccccc1. The fraction of sp³-hybridized carbons (Fsp3) is 0.133. The highest BCUT2D eigenvalue weighted by Gasteiger charge is 2.06. The first-order chi connectivity index (χ1) is 10.8. The summed E-state index contributed by atoms with van der Waals surface area (Å²) in [6.45, 7) is 0.655. The van der Waals surface area contributed by atoms with E-state index in [-0.39, 0.29) is 10.5 Å². The normalized spacial score (nSPS) is 10.6. The molecule has 0 aromatic heterocycles. The van der Waals surface area contributed by atoms with E-state index in [0.717, 1.165) is 11.1 Å². The number of hydrogen-bond donors (Lipinski definition) is 4. The van der Waals surface area contributed by atoms with Gasteiger partial charge in [0.15, 0.2) is 0 Å². The monoisotopic (exact) mass is 338 g/mol. The third-order valence-electron chi connectivity index (χ3n) is 2.81. The molecule has 0 heterocycles. The Morgan fingerprint density at radius 1 is 0.957 bits per heavy atom. The molecular formula is C15H18N2O5S. The van der Waals surface area contributed by atoms with Crippen LogP contribution in [0.4, 0.5) is 0 Å². The molecule has 0 bridgehead atoms. The lowest BCUT2D eigenvalue weighted by Gasteiger charge is -2.03. The molecular weight excluding hydrogens is 320 g/mol. The summed E-state index contributed by atoms with van der Waals surface area (Å²) in [5.41, 5.74) is 12.6. The molecule has 0 saturated carbocycles. The Morgan fingerprint density at radius 2 is 1.43 bits per heavy atom. The summed E-state index contributed by atoms with van der Waals surface area (Å²) < 4.78 is 29.2. The van der Waals surface area contributed by atoms with Crippen LogP contribution in [0, 0.1) is 0 Å². The first kappa shape index (κ1) is 18.8. The maximum atomic E-state index is 10.7. The fourth-order valence-corrected chi connectivity index (χ4v) is 2.22. The van der Waals surface area contributed by atoms with Gasteiger partial charge in [0.05, 0.1) is 10.5 Å². The predicted molar refractivity (Wildman–Crippen MR) is 85.4 cm³/mol. The number of benzene rings is 2. The second kappa shape index (κ2) is 8.39. The smallest absolute Gasteiger partial charge is 0.335 e. The summed E-state index contributed by atoms with van der Waals surface area (Å²) in [6.07, 6.45) is 0. The Morgan fingerprint density at radius 3 is 1.74 bits per heavy atom. The Balaban J connectivity index is 0.000000238. The third-order valence-corrected chi connectivity index (χ3v) is 3.68. The molecule has 0 unspecified atom stereocenters. The summed E-state index contributed by atoms with van der Waals surface area (Å²) in [6, 6.07) is 12.3. The van der Waals surface area contributed by atoms with E-state index in [2.05, 4.69) is 0 Å². The van der Waals surface area contributed by atoms with E-state index >= 15 is 0 Å². The van der Waals surface area contributed by atoms with E-state index < -0.39 is 16.1 Å². The number of carboxylic acid groups (broad SMARTS) is 1. The lowest BCUT2D eigenvalue weighted by atomic mass is 10.1. The van der Waals surface area contributed by atoms with Crippen LogP contribution in [0.3, 0.4) is 0 Å². The topological polar surface area (TPSA) is 144 Å². The Hall–Kier alpha value is -2.26. The maximum absolute atomic E-state index is 10.7. The number of hydrogen-bond acceptors (Lipinski definition) is 5. The molecule has 23 heavy (non-hydrogen) atoms. The Kier molecular flexibility index (Phi) is 6.86. The zero-order valence-corrected chi connectivity index (χ0v) is 13.0. The fourth-order valence-electron chi connectivity index (χ4n) is 1.71. The summed E-state index contributed by atoms with van der Waals surface area (Å²) in [5.74, 6) is -0.954. The average Bonchev–Trinajstić information content (AvgIpc) is 2.55. The highest BCUT2D eigenvalue weighted by atomic mass is 32.2. The van der Waals surface area contributed by atoms with Crippen molar-refractivity contribution in [3.05, 3.63) is 65.2 Å². The van der Waals surface area contributed by atoms with Crippen LogP contribution in [0.15, 0.2) is 53.4 Å². The van der Waals surface area contributed by atoms with Gasteiger partial charge in [-0.2, -0.15) is 8.42 Å². The molecule has 0 aliphatic rings. The third kappa shape index (κ3) is 6.17. The molecule has 7 nitrogen and oxygen atoms in total. The summed E-state index contributed by atoms with van der Waals surface area (Å²) >= 11 is 0. The maximum Gasteiger partial charge on any atom is 0.335 e. The quantitative estimate of drug-likeness (QED) is 0.614. The van der Waals surface area contributed by atoms with Crippen LogP contribution in [0.5, 0.6) is 0 Å². The zero-order chi connectivity index (χ0) is 17.5. The number of nitrogens with two attached hydrogens (primary N) is 2. The van der Waals surface area contributed by atoms with Crippen molar-refractivity contribution in [2.45, 2.75) is 18.0 Å². The van der Waals surface area contributed by atoms with Crippen molar-refractivity contribution < 1.29 is 22.9 Å². The molecule has 6 N–H and O–H groups in total. The predicted octanol–water partition coefficient (Wildman–Crippen LogP) is 1.24. The average molecular weight is 338 g/mol. The lowest BCUT2D eigenvalue weighted by molar-refractivity contribution is 0.0696. The Labute approximate surface area is 134 Å². The number of aromatic carboxylic acids is 1. The van der Waals surface area contributed by atoms with Gasteiger partial charge in [0.25, 0.3) is 10.1 Å². The highest BCUT2D eigenvalue weighted by molar-refractivity contribution is 7.85. The lowest BCUT2D eigenvalue weighted by Crippen LogP contribution is -2.05. The van der Waals surface area contributed by atoms with Gasteiger partial charge in [0.1, 0.15) is 0 Å². The van der Waals surface area contributed by atoms with Crippen LogP contribution in [-0.2, 0) is 23.2 Å². The number of carbonyl (C=O) groups is 1. The summed E-state index contributed by atoms with van der Waals surface area (Å²) in [5, 5.41) is 8.74. The van der Waals surface area contributed by atoms with E-state index in [0.29, 0.717) is 13.1 Å². The van der Waals surface area contributed by atoms with Crippen molar-refractivity contribution in [2.24, 2.45) is 11.5 Å². The van der Waals surface area contributed by atoms with Gasteiger partial charge < -0.3 is 16.6 Å². The van der Waals surface area contributed by atoms with E-state index in [9.17, 15) is 13.2 Å². The van der Waals surface area contributed by atoms with Crippen molar-refractivity contribution in [1.82, 2.24) is 0 Å². The molecule has 124 valence electrons. The highest BCUT2D eigenvalue weighted by Crippen LogP contribution is 2.09. The molecule has 2 aromatic carbocycles. The molecule has 8 heteroatoms. The van der Waals surface area contributed by atoms with Crippen LogP contribution in [0.1, 0.15) is 21.5 Å². The molecule has 0 amide bonds. The van der Waals surface area contributed by atoms with Crippen LogP contribution >= 0.6 is 0 Å². The molecule has 0 aliphatic carbocycles. The number of rotatable bonds is 4. The largest absolute Gasteiger partial charge is 0.478 e. The van der Waals surface area contributed by atoms with Crippen molar-refractivity contribution in [1.29, 1.82) is 0 Å². The molecule has 0 atom stereocenters. The van der Waals surface area contributed by atoms with Gasteiger partial charge in [-0.1, -0.05) is 24.3 Å². The van der Waals surface area contributed by atoms with Gasteiger partial charge in [0, 0.05) is 13.1 Å². The molecule has 0 fully saturated rings. The van der Waals surface area contributed by atoms with Crippen LogP contribution < -0.4 is 11.5 Å². The van der Waals surface area contributed by atoms with Crippen molar-refractivity contribution in [2.75, 3.05) is 0 Å². The summed E-state index contributed by atoms with van der Waals surface area (Å²) in [4.78, 5) is 10.6. The first-order valence-corrected chi connectivity index (χ1v) is 8.00. The van der Waals surface area contributed by atoms with Crippen molar-refractivity contribution >= 4 is 16.1 Å². The van der Waals surface area contributed by atoms with E-state index in [1.165, 1.54) is 12.1 Å².